The van der Waals surface area contributed by atoms with Gasteiger partial charge < -0.3 is 5.32 Å². The lowest BCUT2D eigenvalue weighted by atomic mass is 10.0. The summed E-state index contributed by atoms with van der Waals surface area (Å²) in [5.74, 6) is -1.10. The van der Waals surface area contributed by atoms with Crippen LogP contribution < -0.4 is 10.2 Å². The molecule has 37 heavy (non-hydrogen) atoms. The average Bonchev–Trinajstić information content (AvgIpc) is 2.92. The van der Waals surface area contributed by atoms with Gasteiger partial charge in [0, 0.05) is 41.2 Å². The highest BCUT2D eigenvalue weighted by atomic mass is 16.6. The van der Waals surface area contributed by atoms with Crippen molar-refractivity contribution in [2.75, 3.05) is 10.2 Å². The largest absolute Gasteiger partial charge is 0.324 e. The van der Waals surface area contributed by atoms with Crippen LogP contribution in [0.25, 0.3) is 0 Å². The molecule has 0 fully saturated rings. The normalized spacial score (nSPS) is 11.2. The summed E-state index contributed by atoms with van der Waals surface area (Å²) < 4.78 is 0. The van der Waals surface area contributed by atoms with E-state index in [1.165, 1.54) is 53.4 Å². The first-order valence-corrected chi connectivity index (χ1v) is 11.1. The number of hydrogen-bond acceptors (Lipinski definition) is 6. The number of nitro benzene ring substituents is 2. The Bertz CT molecular complexity index is 1430. The van der Waals surface area contributed by atoms with Gasteiger partial charge in [0.2, 0.25) is 0 Å². The summed E-state index contributed by atoms with van der Waals surface area (Å²) in [7, 11) is 0. The number of carbonyl (C=O) groups excluding carboxylic acids is 2. The molecule has 0 aromatic heterocycles. The van der Waals surface area contributed by atoms with Crippen molar-refractivity contribution in [2.24, 2.45) is 0 Å². The number of carbonyl (C=O) groups is 2. The van der Waals surface area contributed by atoms with E-state index in [1.54, 1.807) is 60.7 Å². The molecule has 0 aliphatic carbocycles. The maximum atomic E-state index is 13.8. The molecule has 2 amide bonds. The quantitative estimate of drug-likeness (QED) is 0.252. The highest BCUT2D eigenvalue weighted by Crippen LogP contribution is 2.31. The van der Waals surface area contributed by atoms with Crippen molar-refractivity contribution in [3.63, 3.8) is 0 Å². The first kappa shape index (κ1) is 24.7. The number of anilines is 2. The molecule has 1 unspecified atom stereocenters. The summed E-state index contributed by atoms with van der Waals surface area (Å²) in [6, 6.07) is 26.6. The van der Waals surface area contributed by atoms with Gasteiger partial charge in [-0.25, -0.2) is 0 Å². The molecule has 0 radical (unpaired) electrons. The van der Waals surface area contributed by atoms with Crippen molar-refractivity contribution in [1.82, 2.24) is 0 Å². The second kappa shape index (κ2) is 10.9. The molecule has 0 heterocycles. The van der Waals surface area contributed by atoms with Crippen LogP contribution in [0, 0.1) is 20.2 Å². The lowest BCUT2D eigenvalue weighted by Gasteiger charge is -2.31. The second-order valence-corrected chi connectivity index (χ2v) is 7.92. The summed E-state index contributed by atoms with van der Waals surface area (Å²) in [5.41, 5.74) is 1.11. The zero-order valence-corrected chi connectivity index (χ0v) is 19.3. The molecule has 4 rings (SSSR count). The van der Waals surface area contributed by atoms with Crippen molar-refractivity contribution < 1.29 is 19.4 Å². The monoisotopic (exact) mass is 496 g/mol. The molecule has 1 N–H and O–H groups in total. The summed E-state index contributed by atoms with van der Waals surface area (Å²) in [6.07, 6.45) is 0. The lowest BCUT2D eigenvalue weighted by molar-refractivity contribution is -0.385. The molecular weight excluding hydrogens is 476 g/mol. The van der Waals surface area contributed by atoms with Crippen LogP contribution in [0.1, 0.15) is 22.0 Å². The Morgan fingerprint density at radius 1 is 0.676 bits per heavy atom. The van der Waals surface area contributed by atoms with Crippen LogP contribution in [0.5, 0.6) is 0 Å². The number of non-ortho nitro benzene ring substituents is 2. The number of amides is 2. The number of hydrogen-bond donors (Lipinski definition) is 1. The fourth-order valence-electron chi connectivity index (χ4n) is 3.77. The van der Waals surface area contributed by atoms with Crippen molar-refractivity contribution >= 4 is 34.6 Å². The van der Waals surface area contributed by atoms with E-state index in [-0.39, 0.29) is 16.9 Å². The van der Waals surface area contributed by atoms with E-state index >= 15 is 0 Å². The van der Waals surface area contributed by atoms with E-state index in [9.17, 15) is 29.8 Å². The molecule has 0 bridgehead atoms. The van der Waals surface area contributed by atoms with Crippen molar-refractivity contribution in [3.05, 3.63) is 141 Å². The minimum atomic E-state index is -1.14. The van der Waals surface area contributed by atoms with Gasteiger partial charge in [-0.05, 0) is 42.0 Å². The van der Waals surface area contributed by atoms with Crippen LogP contribution in [0.2, 0.25) is 0 Å². The second-order valence-electron chi connectivity index (χ2n) is 7.92. The smallest absolute Gasteiger partial charge is 0.269 e. The van der Waals surface area contributed by atoms with Crippen molar-refractivity contribution in [2.45, 2.75) is 6.04 Å². The Hall–Kier alpha value is -5.38. The topological polar surface area (TPSA) is 136 Å². The van der Waals surface area contributed by atoms with Crippen LogP contribution in [-0.2, 0) is 4.79 Å². The lowest BCUT2D eigenvalue weighted by Crippen LogP contribution is -2.41. The van der Waals surface area contributed by atoms with E-state index in [0.29, 0.717) is 16.9 Å². The van der Waals surface area contributed by atoms with Gasteiger partial charge in [0.15, 0.2) is 0 Å². The molecule has 0 saturated heterocycles. The van der Waals surface area contributed by atoms with E-state index < -0.39 is 27.7 Å². The van der Waals surface area contributed by atoms with E-state index in [4.69, 9.17) is 0 Å². The maximum absolute atomic E-state index is 13.8. The predicted octanol–water partition coefficient (Wildman–Crippen LogP) is 5.53. The first-order valence-electron chi connectivity index (χ1n) is 11.1. The Labute approximate surface area is 211 Å². The molecule has 0 aliphatic rings. The molecular formula is C27H20N4O6. The third kappa shape index (κ3) is 5.65. The fraction of sp³-hybridized carbons (Fsp3) is 0.0370. The van der Waals surface area contributed by atoms with Gasteiger partial charge >= 0.3 is 0 Å². The number of nitrogens with zero attached hydrogens (tertiary/aromatic N) is 3. The zero-order valence-electron chi connectivity index (χ0n) is 19.3. The highest BCUT2D eigenvalue weighted by molar-refractivity contribution is 6.12. The summed E-state index contributed by atoms with van der Waals surface area (Å²) in [6.45, 7) is 0. The molecule has 1 atom stereocenters. The SMILES string of the molecule is O=C(Nc1ccc([N+](=O)[O-])cc1)C(c1ccccc1)N(C(=O)c1ccc([N+](=O)[O-])cc1)c1ccccc1. The van der Waals surface area contributed by atoms with Crippen LogP contribution in [0.3, 0.4) is 0 Å². The van der Waals surface area contributed by atoms with E-state index in [2.05, 4.69) is 5.32 Å². The highest BCUT2D eigenvalue weighted by Gasteiger charge is 2.33. The molecule has 0 spiro atoms. The first-order chi connectivity index (χ1) is 17.8. The van der Waals surface area contributed by atoms with Crippen LogP contribution in [-0.4, -0.2) is 21.7 Å². The summed E-state index contributed by atoms with van der Waals surface area (Å²) in [4.78, 5) is 49.8. The van der Waals surface area contributed by atoms with Gasteiger partial charge in [0.05, 0.1) is 9.85 Å². The summed E-state index contributed by atoms with van der Waals surface area (Å²) in [5, 5.41) is 24.8. The molecule has 0 aliphatic heterocycles. The standard InChI is InChI=1S/C27H20N4O6/c32-26(28-21-13-17-24(18-14-21)31(36)37)25(19-7-3-1-4-8-19)29(22-9-5-2-6-10-22)27(33)20-11-15-23(16-12-20)30(34)35/h1-18,25H,(H,28,32). The van der Waals surface area contributed by atoms with Gasteiger partial charge in [-0.1, -0.05) is 48.5 Å². The van der Waals surface area contributed by atoms with E-state index in [0.717, 1.165) is 0 Å². The fourth-order valence-corrected chi connectivity index (χ4v) is 3.77. The van der Waals surface area contributed by atoms with Crippen molar-refractivity contribution in [3.8, 4) is 0 Å². The van der Waals surface area contributed by atoms with Gasteiger partial charge in [0.1, 0.15) is 6.04 Å². The molecule has 10 heteroatoms. The zero-order chi connectivity index (χ0) is 26.4. The van der Waals surface area contributed by atoms with Crippen LogP contribution >= 0.6 is 0 Å². The number of para-hydroxylation sites is 1. The average molecular weight is 496 g/mol. The number of rotatable bonds is 8. The minimum Gasteiger partial charge on any atom is -0.324 e. The van der Waals surface area contributed by atoms with Gasteiger partial charge in [-0.2, -0.15) is 0 Å². The molecule has 0 saturated carbocycles. The molecule has 184 valence electrons. The predicted molar refractivity (Wildman–Crippen MR) is 137 cm³/mol. The molecule has 4 aromatic carbocycles. The van der Waals surface area contributed by atoms with Gasteiger partial charge in [0.25, 0.3) is 23.2 Å². The number of nitro groups is 2. The minimum absolute atomic E-state index is 0.128. The van der Waals surface area contributed by atoms with E-state index in [1.807, 2.05) is 0 Å². The number of nitrogens with one attached hydrogen (secondary N) is 1. The Morgan fingerprint density at radius 2 is 1.16 bits per heavy atom. The van der Waals surface area contributed by atoms with Crippen molar-refractivity contribution in [1.29, 1.82) is 0 Å². The Morgan fingerprint density at radius 3 is 1.68 bits per heavy atom. The third-order valence-electron chi connectivity index (χ3n) is 5.55. The third-order valence-corrected chi connectivity index (χ3v) is 5.55. The van der Waals surface area contributed by atoms with Crippen LogP contribution in [0.15, 0.2) is 109 Å². The Kier molecular flexibility index (Phi) is 7.29. The van der Waals surface area contributed by atoms with Crippen LogP contribution in [0.4, 0.5) is 22.7 Å². The summed E-state index contributed by atoms with van der Waals surface area (Å²) >= 11 is 0. The number of benzene rings is 4. The maximum Gasteiger partial charge on any atom is 0.269 e. The molecule has 10 nitrogen and oxygen atoms in total. The van der Waals surface area contributed by atoms with Gasteiger partial charge in [-0.15, -0.1) is 0 Å². The molecule has 4 aromatic rings. The Balaban J connectivity index is 1.78. The van der Waals surface area contributed by atoms with Gasteiger partial charge in [-0.3, -0.25) is 34.7 Å².